The number of hydrogen-bond acceptors (Lipinski definition) is 6. The highest BCUT2D eigenvalue weighted by atomic mass is 16.3. The molecule has 7 heteroatoms. The van der Waals surface area contributed by atoms with Gasteiger partial charge in [0.25, 0.3) is 0 Å². The quantitative estimate of drug-likeness (QED) is 0.471. The Labute approximate surface area is 154 Å². The van der Waals surface area contributed by atoms with Gasteiger partial charge < -0.3 is 9.32 Å². The Bertz CT molecular complexity index is 747. The minimum Gasteiger partial charge on any atom is -0.448 e. The minimum atomic E-state index is 0.0123. The molecule has 1 fully saturated rings. The van der Waals surface area contributed by atoms with Gasteiger partial charge in [-0.1, -0.05) is 19.9 Å². The van der Waals surface area contributed by atoms with Crippen molar-refractivity contribution >= 4 is 11.5 Å². The number of nitrogens with one attached hydrogen (secondary N) is 2. The second-order valence-electron chi connectivity index (χ2n) is 7.10. The lowest BCUT2D eigenvalue weighted by molar-refractivity contribution is 0.226. The third-order valence-corrected chi connectivity index (χ3v) is 4.63. The Morgan fingerprint density at radius 3 is 2.65 bits per heavy atom. The molecule has 0 unspecified atom stereocenters. The summed E-state index contributed by atoms with van der Waals surface area (Å²) < 4.78 is 5.34. The van der Waals surface area contributed by atoms with Gasteiger partial charge in [0.15, 0.2) is 5.84 Å². The Kier molecular flexibility index (Phi) is 5.78. The first-order valence-corrected chi connectivity index (χ1v) is 9.02. The number of hydrogen-bond donors (Lipinski definition) is 2. The van der Waals surface area contributed by atoms with Crippen LogP contribution in [0, 0.1) is 16.9 Å². The van der Waals surface area contributed by atoms with Gasteiger partial charge in [0, 0.05) is 37.4 Å². The zero-order valence-electron chi connectivity index (χ0n) is 15.4. The molecular weight excluding hydrogens is 328 g/mol. The third-order valence-electron chi connectivity index (χ3n) is 4.63. The van der Waals surface area contributed by atoms with Crippen LogP contribution in [0.25, 0.3) is 0 Å². The molecule has 0 spiro atoms. The Morgan fingerprint density at radius 2 is 2.04 bits per heavy atom. The highest BCUT2D eigenvalue weighted by Gasteiger charge is 2.22. The standard InChI is InChI=1S/C19H26N6O/c1-14(2)11-15-3-4-16(19(20)23-21)17(12-15)25-8-6-24(7-9-25)13-18-22-5-10-26-18/h3-5,10,12,14,20-21H,6-9,11,13H2,1-2H3. The van der Waals surface area contributed by atoms with Crippen molar-refractivity contribution in [1.29, 1.82) is 10.9 Å². The number of nitrogens with zero attached hydrogens (tertiary/aromatic N) is 4. The van der Waals surface area contributed by atoms with Gasteiger partial charge in [0.05, 0.1) is 12.7 Å². The smallest absolute Gasteiger partial charge is 0.208 e. The molecule has 26 heavy (non-hydrogen) atoms. The molecule has 1 aliphatic heterocycles. The molecular formula is C19H26N6O. The van der Waals surface area contributed by atoms with Crippen LogP contribution in [0.15, 0.2) is 40.2 Å². The van der Waals surface area contributed by atoms with Crippen molar-refractivity contribution in [3.63, 3.8) is 0 Å². The van der Waals surface area contributed by atoms with Crippen molar-refractivity contribution in [3.05, 3.63) is 47.7 Å². The van der Waals surface area contributed by atoms with Crippen molar-refractivity contribution in [2.24, 2.45) is 11.0 Å². The van der Waals surface area contributed by atoms with E-state index in [1.807, 2.05) is 6.07 Å². The second-order valence-corrected chi connectivity index (χ2v) is 7.10. The van der Waals surface area contributed by atoms with Gasteiger partial charge in [-0.25, -0.2) is 10.5 Å². The fourth-order valence-corrected chi connectivity index (χ4v) is 3.37. The SMILES string of the molecule is CC(C)Cc1ccc(C(=N)N=N)c(N2CCN(Cc3ncco3)CC2)c1. The van der Waals surface area contributed by atoms with Crippen LogP contribution in [0.1, 0.15) is 30.9 Å². The number of amidine groups is 1. The monoisotopic (exact) mass is 354 g/mol. The molecule has 0 bridgehead atoms. The average molecular weight is 354 g/mol. The summed E-state index contributed by atoms with van der Waals surface area (Å²) in [5, 5.41) is 11.4. The predicted octanol–water partition coefficient (Wildman–Crippen LogP) is 3.55. The van der Waals surface area contributed by atoms with E-state index in [0.29, 0.717) is 5.92 Å². The van der Waals surface area contributed by atoms with Gasteiger partial charge in [0.1, 0.15) is 6.26 Å². The highest BCUT2D eigenvalue weighted by molar-refractivity contribution is 6.01. The Hall–Kier alpha value is -2.54. The van der Waals surface area contributed by atoms with Gasteiger partial charge in [-0.15, -0.1) is 5.11 Å². The van der Waals surface area contributed by atoms with Crippen LogP contribution in [0.4, 0.5) is 5.69 Å². The van der Waals surface area contributed by atoms with E-state index in [1.54, 1.807) is 12.5 Å². The summed E-state index contributed by atoms with van der Waals surface area (Å²) in [5.74, 6) is 1.33. The number of aromatic nitrogens is 1. The summed E-state index contributed by atoms with van der Waals surface area (Å²) in [4.78, 5) is 8.81. The molecule has 2 N–H and O–H groups in total. The molecule has 0 saturated carbocycles. The van der Waals surface area contributed by atoms with E-state index in [0.717, 1.165) is 56.3 Å². The van der Waals surface area contributed by atoms with Crippen LogP contribution < -0.4 is 4.90 Å². The molecule has 3 rings (SSSR count). The zero-order chi connectivity index (χ0) is 18.5. The first kappa shape index (κ1) is 18.3. The fourth-order valence-electron chi connectivity index (χ4n) is 3.37. The summed E-state index contributed by atoms with van der Waals surface area (Å²) in [5.41, 5.74) is 10.2. The molecule has 1 aliphatic rings. The van der Waals surface area contributed by atoms with E-state index in [4.69, 9.17) is 15.4 Å². The number of oxazole rings is 1. The van der Waals surface area contributed by atoms with Gasteiger partial charge in [-0.3, -0.25) is 10.3 Å². The van der Waals surface area contributed by atoms with E-state index < -0.39 is 0 Å². The van der Waals surface area contributed by atoms with Crippen LogP contribution in [-0.2, 0) is 13.0 Å². The summed E-state index contributed by atoms with van der Waals surface area (Å²) in [6.07, 6.45) is 4.28. The van der Waals surface area contributed by atoms with E-state index in [9.17, 15) is 0 Å². The highest BCUT2D eigenvalue weighted by Crippen LogP contribution is 2.26. The first-order valence-electron chi connectivity index (χ1n) is 9.02. The van der Waals surface area contributed by atoms with Gasteiger partial charge in [0.2, 0.25) is 5.89 Å². The minimum absolute atomic E-state index is 0.0123. The fraction of sp³-hybridized carbons (Fsp3) is 0.474. The lowest BCUT2D eigenvalue weighted by Gasteiger charge is -2.36. The number of piperazine rings is 1. The van der Waals surface area contributed by atoms with Gasteiger partial charge in [-0.2, -0.15) is 0 Å². The van der Waals surface area contributed by atoms with E-state index in [-0.39, 0.29) is 5.84 Å². The summed E-state index contributed by atoms with van der Waals surface area (Å²) in [7, 11) is 0. The van der Waals surface area contributed by atoms with Crippen molar-refractivity contribution in [3.8, 4) is 0 Å². The molecule has 0 aliphatic carbocycles. The maximum Gasteiger partial charge on any atom is 0.208 e. The molecule has 0 amide bonds. The number of benzene rings is 1. The number of anilines is 1. The number of rotatable bonds is 6. The van der Waals surface area contributed by atoms with Crippen LogP contribution in [0.5, 0.6) is 0 Å². The van der Waals surface area contributed by atoms with Crippen molar-refractivity contribution < 1.29 is 4.42 Å². The van der Waals surface area contributed by atoms with Crippen molar-refractivity contribution in [2.75, 3.05) is 31.1 Å². The second kappa shape index (κ2) is 8.23. The topological polar surface area (TPSA) is 92.6 Å². The molecule has 138 valence electrons. The third kappa shape index (κ3) is 4.35. The van der Waals surface area contributed by atoms with Gasteiger partial charge >= 0.3 is 0 Å². The van der Waals surface area contributed by atoms with E-state index in [1.165, 1.54) is 5.56 Å². The van der Waals surface area contributed by atoms with Crippen molar-refractivity contribution in [1.82, 2.24) is 9.88 Å². The van der Waals surface area contributed by atoms with E-state index in [2.05, 4.69) is 45.9 Å². The molecule has 7 nitrogen and oxygen atoms in total. The Morgan fingerprint density at radius 1 is 1.27 bits per heavy atom. The average Bonchev–Trinajstić information content (AvgIpc) is 3.14. The van der Waals surface area contributed by atoms with Crippen molar-refractivity contribution in [2.45, 2.75) is 26.8 Å². The maximum absolute atomic E-state index is 8.01. The molecule has 1 aromatic carbocycles. The van der Waals surface area contributed by atoms with Crippen LogP contribution in [-0.4, -0.2) is 41.9 Å². The zero-order valence-corrected chi connectivity index (χ0v) is 15.4. The lowest BCUT2D eigenvalue weighted by Crippen LogP contribution is -2.46. The summed E-state index contributed by atoms with van der Waals surface area (Å²) in [6, 6.07) is 6.16. The van der Waals surface area contributed by atoms with E-state index >= 15 is 0 Å². The normalized spacial score (nSPS) is 15.4. The predicted molar refractivity (Wildman–Crippen MR) is 101 cm³/mol. The van der Waals surface area contributed by atoms with Crippen LogP contribution >= 0.6 is 0 Å². The first-order chi connectivity index (χ1) is 12.6. The summed E-state index contributed by atoms with van der Waals surface area (Å²) in [6.45, 7) is 8.67. The lowest BCUT2D eigenvalue weighted by atomic mass is 9.99. The largest absolute Gasteiger partial charge is 0.448 e. The van der Waals surface area contributed by atoms with Crippen LogP contribution in [0.3, 0.4) is 0 Å². The maximum atomic E-state index is 8.01. The molecule has 2 aromatic rings. The molecule has 0 radical (unpaired) electrons. The molecule has 1 aromatic heterocycles. The Balaban J connectivity index is 1.74. The van der Waals surface area contributed by atoms with Gasteiger partial charge in [-0.05, 0) is 30.0 Å². The molecule has 2 heterocycles. The molecule has 0 atom stereocenters. The molecule has 1 saturated heterocycles. The summed E-state index contributed by atoms with van der Waals surface area (Å²) >= 11 is 0. The van der Waals surface area contributed by atoms with Crippen LogP contribution in [0.2, 0.25) is 0 Å².